The summed E-state index contributed by atoms with van der Waals surface area (Å²) in [4.78, 5) is 23.8. The molecule has 1 aliphatic heterocycles. The first-order valence-corrected chi connectivity index (χ1v) is 7.59. The molecule has 2 aliphatic rings. The van der Waals surface area contributed by atoms with Gasteiger partial charge in [0.25, 0.3) is 0 Å². The third-order valence-electron chi connectivity index (χ3n) is 3.99. The lowest BCUT2D eigenvalue weighted by Gasteiger charge is -2.29. The van der Waals surface area contributed by atoms with Crippen LogP contribution in [-0.2, 0) is 14.3 Å². The third-order valence-corrected chi connectivity index (χ3v) is 3.99. The Kier molecular flexibility index (Phi) is 8.00. The van der Waals surface area contributed by atoms with Gasteiger partial charge in [-0.15, -0.1) is 12.4 Å². The van der Waals surface area contributed by atoms with E-state index in [0.717, 1.165) is 12.8 Å². The lowest BCUT2D eigenvalue weighted by atomic mass is 9.95. The molecule has 21 heavy (non-hydrogen) atoms. The Morgan fingerprint density at radius 3 is 2.62 bits per heavy atom. The van der Waals surface area contributed by atoms with E-state index in [1.54, 1.807) is 0 Å². The summed E-state index contributed by atoms with van der Waals surface area (Å²) < 4.78 is 5.42. The Hall–Kier alpha value is -0.850. The Labute approximate surface area is 132 Å². The Morgan fingerprint density at radius 1 is 1.24 bits per heavy atom. The Morgan fingerprint density at radius 2 is 1.95 bits per heavy atom. The van der Waals surface area contributed by atoms with E-state index in [-0.39, 0.29) is 49.0 Å². The molecule has 0 unspecified atom stereocenters. The van der Waals surface area contributed by atoms with Crippen molar-refractivity contribution in [2.45, 2.75) is 57.2 Å². The standard InChI is InChI=1S/C14H25N3O3.ClH/c1-10-13(15-7-8-20-10)14(19)16-9-12(18)17-11-5-3-2-4-6-11;/h10-11,13,15H,2-9H2,1H3,(H,16,19)(H,17,18);1H/t10-,13+;/m1./s1. The molecule has 6 nitrogen and oxygen atoms in total. The van der Waals surface area contributed by atoms with Crippen LogP contribution in [0.2, 0.25) is 0 Å². The molecular formula is C14H26ClN3O3. The molecule has 2 fully saturated rings. The van der Waals surface area contributed by atoms with Crippen molar-refractivity contribution in [2.24, 2.45) is 0 Å². The van der Waals surface area contributed by atoms with E-state index < -0.39 is 0 Å². The van der Waals surface area contributed by atoms with Crippen LogP contribution in [0.15, 0.2) is 0 Å². The fourth-order valence-electron chi connectivity index (χ4n) is 2.83. The van der Waals surface area contributed by atoms with Gasteiger partial charge < -0.3 is 20.7 Å². The van der Waals surface area contributed by atoms with Gasteiger partial charge in [-0.2, -0.15) is 0 Å². The first-order chi connectivity index (χ1) is 9.66. The van der Waals surface area contributed by atoms with E-state index >= 15 is 0 Å². The number of carbonyl (C=O) groups excluding carboxylic acids is 2. The average molecular weight is 320 g/mol. The summed E-state index contributed by atoms with van der Waals surface area (Å²) in [6.45, 7) is 3.18. The van der Waals surface area contributed by atoms with E-state index in [9.17, 15) is 9.59 Å². The second-order valence-electron chi connectivity index (χ2n) is 5.63. The second-order valence-corrected chi connectivity index (χ2v) is 5.63. The van der Waals surface area contributed by atoms with Gasteiger partial charge in [0.05, 0.1) is 19.3 Å². The van der Waals surface area contributed by atoms with E-state index in [0.29, 0.717) is 13.2 Å². The van der Waals surface area contributed by atoms with Crippen LogP contribution in [0, 0.1) is 0 Å². The van der Waals surface area contributed by atoms with E-state index in [4.69, 9.17) is 4.74 Å². The van der Waals surface area contributed by atoms with Gasteiger partial charge in [-0.1, -0.05) is 19.3 Å². The minimum atomic E-state index is -0.369. The van der Waals surface area contributed by atoms with Gasteiger partial charge in [-0.25, -0.2) is 0 Å². The lowest BCUT2D eigenvalue weighted by molar-refractivity contribution is -0.131. The zero-order valence-electron chi connectivity index (χ0n) is 12.5. The van der Waals surface area contributed by atoms with Crippen LogP contribution in [0.5, 0.6) is 0 Å². The average Bonchev–Trinajstić information content (AvgIpc) is 2.46. The Balaban J connectivity index is 0.00000220. The van der Waals surface area contributed by atoms with E-state index in [1.165, 1.54) is 19.3 Å². The van der Waals surface area contributed by atoms with Crippen molar-refractivity contribution in [1.82, 2.24) is 16.0 Å². The molecule has 122 valence electrons. The van der Waals surface area contributed by atoms with E-state index in [1.807, 2.05) is 6.92 Å². The molecule has 1 saturated heterocycles. The van der Waals surface area contributed by atoms with Crippen LogP contribution in [0.4, 0.5) is 0 Å². The summed E-state index contributed by atoms with van der Waals surface area (Å²) in [6.07, 6.45) is 5.55. The highest BCUT2D eigenvalue weighted by molar-refractivity contribution is 5.88. The molecule has 1 heterocycles. The predicted molar refractivity (Wildman–Crippen MR) is 82.5 cm³/mol. The van der Waals surface area contributed by atoms with Gasteiger partial charge in [0, 0.05) is 12.6 Å². The normalized spacial score (nSPS) is 26.5. The maximum atomic E-state index is 12.0. The molecule has 1 saturated carbocycles. The van der Waals surface area contributed by atoms with Crippen molar-refractivity contribution >= 4 is 24.2 Å². The van der Waals surface area contributed by atoms with Crippen LogP contribution in [0.25, 0.3) is 0 Å². The number of nitrogens with one attached hydrogen (secondary N) is 3. The van der Waals surface area contributed by atoms with Gasteiger partial charge >= 0.3 is 0 Å². The summed E-state index contributed by atoms with van der Waals surface area (Å²) >= 11 is 0. The quantitative estimate of drug-likeness (QED) is 0.698. The molecule has 2 amide bonds. The zero-order chi connectivity index (χ0) is 14.4. The van der Waals surface area contributed by atoms with Crippen LogP contribution in [0.3, 0.4) is 0 Å². The summed E-state index contributed by atoms with van der Waals surface area (Å²) in [6, 6.07) is -0.0885. The molecule has 0 aromatic rings. The highest BCUT2D eigenvalue weighted by Gasteiger charge is 2.28. The summed E-state index contributed by atoms with van der Waals surface area (Å²) in [7, 11) is 0. The highest BCUT2D eigenvalue weighted by atomic mass is 35.5. The monoisotopic (exact) mass is 319 g/mol. The minimum Gasteiger partial charge on any atom is -0.375 e. The number of amides is 2. The molecule has 1 aliphatic carbocycles. The molecule has 0 bridgehead atoms. The van der Waals surface area contributed by atoms with Crippen molar-refractivity contribution < 1.29 is 14.3 Å². The lowest BCUT2D eigenvalue weighted by Crippen LogP contribution is -2.56. The number of carbonyl (C=O) groups is 2. The van der Waals surface area contributed by atoms with Crippen molar-refractivity contribution in [3.8, 4) is 0 Å². The smallest absolute Gasteiger partial charge is 0.240 e. The Bertz CT molecular complexity index is 348. The van der Waals surface area contributed by atoms with Crippen LogP contribution < -0.4 is 16.0 Å². The number of hydrogen-bond donors (Lipinski definition) is 3. The molecule has 0 radical (unpaired) electrons. The third kappa shape index (κ3) is 5.80. The van der Waals surface area contributed by atoms with Crippen molar-refractivity contribution in [3.05, 3.63) is 0 Å². The second kappa shape index (κ2) is 9.23. The number of ether oxygens (including phenoxy) is 1. The SMILES string of the molecule is C[C@H]1OCCN[C@@H]1C(=O)NCC(=O)NC1CCCCC1.Cl. The van der Waals surface area contributed by atoms with Gasteiger partial charge in [0.1, 0.15) is 6.04 Å². The minimum absolute atomic E-state index is 0. The highest BCUT2D eigenvalue weighted by Crippen LogP contribution is 2.17. The van der Waals surface area contributed by atoms with Gasteiger partial charge in [0.15, 0.2) is 0 Å². The largest absolute Gasteiger partial charge is 0.375 e. The number of halogens is 1. The fraction of sp³-hybridized carbons (Fsp3) is 0.857. The maximum Gasteiger partial charge on any atom is 0.240 e. The summed E-state index contributed by atoms with van der Waals surface area (Å²) in [5.41, 5.74) is 0. The molecule has 0 aromatic heterocycles. The summed E-state index contributed by atoms with van der Waals surface area (Å²) in [5, 5.41) is 8.77. The van der Waals surface area contributed by atoms with Gasteiger partial charge in [-0.3, -0.25) is 9.59 Å². The molecular weight excluding hydrogens is 294 g/mol. The van der Waals surface area contributed by atoms with Crippen LogP contribution in [-0.4, -0.2) is 49.7 Å². The van der Waals surface area contributed by atoms with Gasteiger partial charge in [0.2, 0.25) is 11.8 Å². The maximum absolute atomic E-state index is 12.0. The predicted octanol–water partition coefficient (Wildman–Crippen LogP) is 0.350. The van der Waals surface area contributed by atoms with Gasteiger partial charge in [-0.05, 0) is 19.8 Å². The zero-order valence-corrected chi connectivity index (χ0v) is 13.3. The molecule has 2 atom stereocenters. The molecule has 0 spiro atoms. The molecule has 0 aromatic carbocycles. The fourth-order valence-corrected chi connectivity index (χ4v) is 2.83. The van der Waals surface area contributed by atoms with E-state index in [2.05, 4.69) is 16.0 Å². The number of rotatable bonds is 4. The first kappa shape index (κ1) is 18.2. The topological polar surface area (TPSA) is 79.5 Å². The molecule has 2 rings (SSSR count). The van der Waals surface area contributed by atoms with Crippen molar-refractivity contribution in [1.29, 1.82) is 0 Å². The number of hydrogen-bond acceptors (Lipinski definition) is 4. The van der Waals surface area contributed by atoms with Crippen molar-refractivity contribution in [3.63, 3.8) is 0 Å². The molecule has 7 heteroatoms. The summed E-state index contributed by atoms with van der Waals surface area (Å²) in [5.74, 6) is -0.273. The van der Waals surface area contributed by atoms with Crippen LogP contribution >= 0.6 is 12.4 Å². The molecule has 3 N–H and O–H groups in total. The number of morpholine rings is 1. The van der Waals surface area contributed by atoms with Crippen molar-refractivity contribution in [2.75, 3.05) is 19.7 Å². The van der Waals surface area contributed by atoms with Crippen LogP contribution in [0.1, 0.15) is 39.0 Å². The first-order valence-electron chi connectivity index (χ1n) is 7.59.